The maximum atomic E-state index is 12.6. The van der Waals surface area contributed by atoms with E-state index in [1.165, 1.54) is 11.8 Å². The smallest absolute Gasteiger partial charge is 0.237 e. The van der Waals surface area contributed by atoms with E-state index in [1.807, 2.05) is 92.7 Å². The van der Waals surface area contributed by atoms with Crippen LogP contribution in [0.2, 0.25) is 0 Å². The zero-order valence-corrected chi connectivity index (χ0v) is 18.4. The van der Waals surface area contributed by atoms with Crippen LogP contribution in [-0.4, -0.2) is 17.1 Å². The van der Waals surface area contributed by atoms with Crippen LogP contribution in [0.15, 0.2) is 83.8 Å². The van der Waals surface area contributed by atoms with Crippen LogP contribution in [0.25, 0.3) is 0 Å². The van der Waals surface area contributed by atoms with Crippen molar-refractivity contribution in [1.29, 1.82) is 0 Å². The van der Waals surface area contributed by atoms with Gasteiger partial charge in [0.2, 0.25) is 11.8 Å². The summed E-state index contributed by atoms with van der Waals surface area (Å²) < 4.78 is 5.77. The fourth-order valence-corrected chi connectivity index (χ4v) is 3.67. The Morgan fingerprint density at radius 3 is 2.06 bits per heavy atom. The number of anilines is 2. The van der Waals surface area contributed by atoms with Crippen LogP contribution in [0.5, 0.6) is 11.5 Å². The molecule has 0 saturated heterocycles. The number of thioether (sulfide) groups is 1. The van der Waals surface area contributed by atoms with Gasteiger partial charge in [0.1, 0.15) is 11.5 Å². The first-order valence-electron chi connectivity index (χ1n) is 10.2. The number of hydrogen-bond acceptors (Lipinski definition) is 4. The summed E-state index contributed by atoms with van der Waals surface area (Å²) in [5.74, 6) is 1.40. The van der Waals surface area contributed by atoms with Crippen molar-refractivity contribution < 1.29 is 14.3 Å². The highest BCUT2D eigenvalue weighted by Crippen LogP contribution is 2.27. The van der Waals surface area contributed by atoms with Gasteiger partial charge in [-0.3, -0.25) is 9.59 Å². The van der Waals surface area contributed by atoms with Crippen molar-refractivity contribution in [1.82, 2.24) is 0 Å². The van der Waals surface area contributed by atoms with Gasteiger partial charge >= 0.3 is 0 Å². The predicted molar refractivity (Wildman–Crippen MR) is 127 cm³/mol. The average molecular weight is 435 g/mol. The van der Waals surface area contributed by atoms with Gasteiger partial charge in [-0.2, -0.15) is 0 Å². The van der Waals surface area contributed by atoms with E-state index in [0.29, 0.717) is 17.9 Å². The Morgan fingerprint density at radius 2 is 1.42 bits per heavy atom. The monoisotopic (exact) mass is 434 g/mol. The Labute approximate surface area is 187 Å². The third kappa shape index (κ3) is 7.19. The van der Waals surface area contributed by atoms with Crippen molar-refractivity contribution in [3.05, 3.63) is 78.9 Å². The molecule has 0 fully saturated rings. The van der Waals surface area contributed by atoms with Crippen molar-refractivity contribution in [2.75, 3.05) is 10.6 Å². The van der Waals surface area contributed by atoms with Crippen molar-refractivity contribution in [3.63, 3.8) is 0 Å². The minimum atomic E-state index is -0.277. The van der Waals surface area contributed by atoms with E-state index in [9.17, 15) is 9.59 Å². The van der Waals surface area contributed by atoms with Crippen molar-refractivity contribution in [2.45, 2.75) is 36.8 Å². The Morgan fingerprint density at radius 1 is 0.839 bits per heavy atom. The Hall–Kier alpha value is -3.25. The molecule has 1 unspecified atom stereocenters. The molecule has 3 aromatic carbocycles. The molecule has 0 aromatic heterocycles. The number of rotatable bonds is 9. The zero-order chi connectivity index (χ0) is 22.1. The molecule has 2 amide bonds. The molecular formula is C25H26N2O3S. The van der Waals surface area contributed by atoms with E-state index >= 15 is 0 Å². The van der Waals surface area contributed by atoms with Crippen LogP contribution in [-0.2, 0) is 9.59 Å². The van der Waals surface area contributed by atoms with Gasteiger partial charge < -0.3 is 15.4 Å². The van der Waals surface area contributed by atoms with Crippen molar-refractivity contribution >= 4 is 35.0 Å². The number of ether oxygens (including phenoxy) is 1. The SMILES string of the molecule is CCCC(=O)Nc1ccc(SC(C)C(=O)Nc2ccc(Oc3ccccc3)cc2)cc1. The van der Waals surface area contributed by atoms with Gasteiger partial charge in [-0.25, -0.2) is 0 Å². The Bertz CT molecular complexity index is 990. The highest BCUT2D eigenvalue weighted by molar-refractivity contribution is 8.00. The topological polar surface area (TPSA) is 67.4 Å². The standard InChI is InChI=1S/C25H26N2O3S/c1-3-7-24(28)26-19-12-16-23(17-13-19)31-18(2)25(29)27-20-10-14-22(15-11-20)30-21-8-5-4-6-9-21/h4-6,8-18H,3,7H2,1-2H3,(H,26,28)(H,27,29). The molecule has 0 radical (unpaired) electrons. The predicted octanol–water partition coefficient (Wildman–Crippen LogP) is 6.34. The van der Waals surface area contributed by atoms with Crippen LogP contribution in [0.3, 0.4) is 0 Å². The summed E-state index contributed by atoms with van der Waals surface area (Å²) in [6.07, 6.45) is 1.32. The Kier molecular flexibility index (Phi) is 8.12. The van der Waals surface area contributed by atoms with Crippen molar-refractivity contribution in [3.8, 4) is 11.5 Å². The molecule has 5 nitrogen and oxygen atoms in total. The first-order chi connectivity index (χ1) is 15.0. The number of hydrogen-bond donors (Lipinski definition) is 2. The minimum absolute atomic E-state index is 0.0100. The van der Waals surface area contributed by atoms with Gasteiger partial charge in [0, 0.05) is 22.7 Å². The van der Waals surface area contributed by atoms with Gasteiger partial charge in [0.25, 0.3) is 0 Å². The molecule has 160 valence electrons. The molecule has 0 saturated carbocycles. The van der Waals surface area contributed by atoms with Crippen LogP contribution in [0, 0.1) is 0 Å². The number of carbonyl (C=O) groups is 2. The second kappa shape index (κ2) is 11.2. The molecular weight excluding hydrogens is 408 g/mol. The summed E-state index contributed by atoms with van der Waals surface area (Å²) in [6.45, 7) is 3.84. The minimum Gasteiger partial charge on any atom is -0.457 e. The molecule has 0 bridgehead atoms. The maximum absolute atomic E-state index is 12.6. The summed E-state index contributed by atoms with van der Waals surface area (Å²) in [5.41, 5.74) is 1.48. The fraction of sp³-hybridized carbons (Fsp3) is 0.200. The number of benzene rings is 3. The van der Waals surface area contributed by atoms with E-state index in [-0.39, 0.29) is 17.1 Å². The molecule has 0 aliphatic heterocycles. The summed E-state index contributed by atoms with van der Waals surface area (Å²) >= 11 is 1.46. The van der Waals surface area contributed by atoms with E-state index < -0.39 is 0 Å². The van der Waals surface area contributed by atoms with E-state index in [2.05, 4.69) is 10.6 Å². The molecule has 31 heavy (non-hydrogen) atoms. The highest BCUT2D eigenvalue weighted by Gasteiger charge is 2.15. The summed E-state index contributed by atoms with van der Waals surface area (Å²) in [7, 11) is 0. The third-order valence-electron chi connectivity index (χ3n) is 4.40. The largest absolute Gasteiger partial charge is 0.457 e. The molecule has 2 N–H and O–H groups in total. The lowest BCUT2D eigenvalue weighted by Crippen LogP contribution is -2.22. The summed E-state index contributed by atoms with van der Waals surface area (Å²) in [4.78, 5) is 25.2. The lowest BCUT2D eigenvalue weighted by atomic mass is 10.3. The summed E-state index contributed by atoms with van der Waals surface area (Å²) in [6, 6.07) is 24.4. The maximum Gasteiger partial charge on any atom is 0.237 e. The number of para-hydroxylation sites is 1. The highest BCUT2D eigenvalue weighted by atomic mass is 32.2. The van der Waals surface area contributed by atoms with Gasteiger partial charge in [-0.05, 0) is 74.0 Å². The average Bonchev–Trinajstić information content (AvgIpc) is 2.77. The zero-order valence-electron chi connectivity index (χ0n) is 17.6. The second-order valence-electron chi connectivity index (χ2n) is 7.01. The van der Waals surface area contributed by atoms with Gasteiger partial charge in [0.15, 0.2) is 0 Å². The van der Waals surface area contributed by atoms with Gasteiger partial charge in [-0.15, -0.1) is 11.8 Å². The lowest BCUT2D eigenvalue weighted by Gasteiger charge is -2.13. The quantitative estimate of drug-likeness (QED) is 0.386. The molecule has 3 rings (SSSR count). The third-order valence-corrected chi connectivity index (χ3v) is 5.51. The van der Waals surface area contributed by atoms with Crippen LogP contribution in [0.4, 0.5) is 11.4 Å². The summed E-state index contributed by atoms with van der Waals surface area (Å²) in [5, 5.41) is 5.52. The molecule has 0 aliphatic carbocycles. The van der Waals surface area contributed by atoms with E-state index in [1.54, 1.807) is 0 Å². The van der Waals surface area contributed by atoms with Crippen LogP contribution < -0.4 is 15.4 Å². The number of amides is 2. The second-order valence-corrected chi connectivity index (χ2v) is 8.43. The molecule has 0 aliphatic rings. The van der Waals surface area contributed by atoms with Crippen molar-refractivity contribution in [2.24, 2.45) is 0 Å². The van der Waals surface area contributed by atoms with Gasteiger partial charge in [0.05, 0.1) is 5.25 Å². The number of carbonyl (C=O) groups excluding carboxylic acids is 2. The normalized spacial score (nSPS) is 11.4. The van der Waals surface area contributed by atoms with Crippen LogP contribution in [0.1, 0.15) is 26.7 Å². The lowest BCUT2D eigenvalue weighted by molar-refractivity contribution is -0.116. The molecule has 3 aromatic rings. The van der Waals surface area contributed by atoms with Crippen LogP contribution >= 0.6 is 11.8 Å². The molecule has 0 spiro atoms. The van der Waals surface area contributed by atoms with E-state index in [4.69, 9.17) is 4.74 Å². The first-order valence-corrected chi connectivity index (χ1v) is 11.1. The molecule has 1 atom stereocenters. The molecule has 0 heterocycles. The first kappa shape index (κ1) is 22.4. The van der Waals surface area contributed by atoms with E-state index in [0.717, 1.165) is 22.8 Å². The Balaban J connectivity index is 1.50. The fourth-order valence-electron chi connectivity index (χ4n) is 2.80. The number of nitrogens with one attached hydrogen (secondary N) is 2. The molecule has 6 heteroatoms. The van der Waals surface area contributed by atoms with Gasteiger partial charge in [-0.1, -0.05) is 25.1 Å².